The van der Waals surface area contributed by atoms with Crippen LogP contribution in [-0.4, -0.2) is 5.91 Å². The number of amides is 1. The van der Waals surface area contributed by atoms with E-state index in [9.17, 15) is 4.79 Å². The van der Waals surface area contributed by atoms with Crippen LogP contribution in [0.5, 0.6) is 0 Å². The second kappa shape index (κ2) is 4.49. The third kappa shape index (κ3) is 2.90. The zero-order chi connectivity index (χ0) is 9.84. The second-order valence-corrected chi connectivity index (χ2v) is 3.37. The van der Waals surface area contributed by atoms with Gasteiger partial charge >= 0.3 is 0 Å². The fourth-order valence-electron chi connectivity index (χ4n) is 0.832. The monoisotopic (exact) mass is 217 g/mol. The lowest BCUT2D eigenvalue weighted by atomic mass is 10.3. The summed E-state index contributed by atoms with van der Waals surface area (Å²) in [7, 11) is 0. The van der Waals surface area contributed by atoms with Crippen LogP contribution in [0.2, 0.25) is 10.0 Å². The van der Waals surface area contributed by atoms with Gasteiger partial charge in [0.15, 0.2) is 0 Å². The normalized spacial score (nSPS) is 9.77. The summed E-state index contributed by atoms with van der Waals surface area (Å²) in [5, 5.41) is 3.69. The number of rotatable bonds is 2. The van der Waals surface area contributed by atoms with Gasteiger partial charge in [0.1, 0.15) is 0 Å². The van der Waals surface area contributed by atoms with Gasteiger partial charge in [0.2, 0.25) is 5.91 Å². The van der Waals surface area contributed by atoms with Crippen molar-refractivity contribution in [1.82, 2.24) is 0 Å². The Balaban J connectivity index is 2.87. The highest BCUT2D eigenvalue weighted by atomic mass is 35.5. The molecule has 0 fully saturated rings. The predicted octanol–water partition coefficient (Wildman–Crippen LogP) is 3.34. The quantitative estimate of drug-likeness (QED) is 0.810. The minimum atomic E-state index is -0.0795. The summed E-state index contributed by atoms with van der Waals surface area (Å²) in [4.78, 5) is 11.0. The van der Waals surface area contributed by atoms with E-state index in [4.69, 9.17) is 23.2 Å². The molecule has 70 valence electrons. The summed E-state index contributed by atoms with van der Waals surface area (Å²) in [6, 6.07) is 4.94. The molecule has 1 aromatic carbocycles. The van der Waals surface area contributed by atoms with Crippen molar-refractivity contribution in [2.45, 2.75) is 13.3 Å². The van der Waals surface area contributed by atoms with Crippen molar-refractivity contribution in [2.75, 3.05) is 5.32 Å². The van der Waals surface area contributed by atoms with Crippen molar-refractivity contribution in [3.8, 4) is 0 Å². The Morgan fingerprint density at radius 2 is 2.15 bits per heavy atom. The summed E-state index contributed by atoms with van der Waals surface area (Å²) in [5.41, 5.74) is 0.556. The molecule has 0 bridgehead atoms. The first-order chi connectivity index (χ1) is 6.13. The molecule has 1 rings (SSSR count). The molecule has 0 unspecified atom stereocenters. The minimum absolute atomic E-state index is 0.0795. The first-order valence-corrected chi connectivity index (χ1v) is 4.64. The number of hydrogen-bond acceptors (Lipinski definition) is 1. The highest BCUT2D eigenvalue weighted by Gasteiger charge is 2.03. The van der Waals surface area contributed by atoms with Crippen LogP contribution in [0.4, 0.5) is 5.69 Å². The number of carbonyl (C=O) groups excluding carboxylic acids is 1. The Kier molecular flexibility index (Phi) is 3.58. The molecule has 0 saturated carbocycles. The largest absolute Gasteiger partial charge is 0.325 e. The van der Waals surface area contributed by atoms with E-state index in [0.29, 0.717) is 22.2 Å². The van der Waals surface area contributed by atoms with Gasteiger partial charge in [-0.15, -0.1) is 0 Å². The van der Waals surface area contributed by atoms with Crippen molar-refractivity contribution in [3.63, 3.8) is 0 Å². The zero-order valence-corrected chi connectivity index (χ0v) is 8.62. The Morgan fingerprint density at radius 1 is 1.46 bits per heavy atom. The number of benzene rings is 1. The molecule has 1 aromatic rings. The molecule has 0 aliphatic carbocycles. The lowest BCUT2D eigenvalue weighted by Crippen LogP contribution is -2.09. The van der Waals surface area contributed by atoms with Gasteiger partial charge in [-0.1, -0.05) is 30.1 Å². The maximum absolute atomic E-state index is 11.0. The van der Waals surface area contributed by atoms with Crippen LogP contribution >= 0.6 is 23.2 Å². The molecule has 2 nitrogen and oxygen atoms in total. The van der Waals surface area contributed by atoms with Crippen molar-refractivity contribution >= 4 is 34.8 Å². The average molecular weight is 218 g/mol. The Bertz CT molecular complexity index is 325. The van der Waals surface area contributed by atoms with Crippen LogP contribution in [0.25, 0.3) is 0 Å². The van der Waals surface area contributed by atoms with Gasteiger partial charge in [-0.05, 0) is 18.2 Å². The summed E-state index contributed by atoms with van der Waals surface area (Å²) in [6.07, 6.45) is 0.419. The van der Waals surface area contributed by atoms with Crippen LogP contribution in [0.15, 0.2) is 18.2 Å². The molecule has 0 aromatic heterocycles. The average Bonchev–Trinajstić information content (AvgIpc) is 2.11. The fraction of sp³-hybridized carbons (Fsp3) is 0.222. The highest BCUT2D eigenvalue weighted by molar-refractivity contribution is 6.35. The van der Waals surface area contributed by atoms with Gasteiger partial charge in [0.05, 0.1) is 10.7 Å². The molecule has 0 radical (unpaired) electrons. The van der Waals surface area contributed by atoms with Crippen LogP contribution in [0.3, 0.4) is 0 Å². The van der Waals surface area contributed by atoms with Crippen molar-refractivity contribution < 1.29 is 4.79 Å². The molecule has 0 aliphatic rings. The van der Waals surface area contributed by atoms with Gasteiger partial charge < -0.3 is 5.32 Å². The van der Waals surface area contributed by atoms with Gasteiger partial charge in [-0.3, -0.25) is 4.79 Å². The Morgan fingerprint density at radius 3 is 2.77 bits per heavy atom. The smallest absolute Gasteiger partial charge is 0.224 e. The maximum Gasteiger partial charge on any atom is 0.224 e. The first-order valence-electron chi connectivity index (χ1n) is 3.88. The SMILES string of the molecule is CCC(=O)Nc1cc(Cl)ccc1Cl. The topological polar surface area (TPSA) is 29.1 Å². The lowest BCUT2D eigenvalue weighted by molar-refractivity contribution is -0.115. The van der Waals surface area contributed by atoms with E-state index in [1.165, 1.54) is 0 Å². The van der Waals surface area contributed by atoms with Crippen LogP contribution in [-0.2, 0) is 4.79 Å². The van der Waals surface area contributed by atoms with Crippen molar-refractivity contribution in [2.24, 2.45) is 0 Å². The van der Waals surface area contributed by atoms with Crippen LogP contribution in [0.1, 0.15) is 13.3 Å². The van der Waals surface area contributed by atoms with Gasteiger partial charge in [0.25, 0.3) is 0 Å². The summed E-state index contributed by atoms with van der Waals surface area (Å²) in [5.74, 6) is -0.0795. The molecule has 0 heterocycles. The first kappa shape index (κ1) is 10.4. The molecular weight excluding hydrogens is 209 g/mol. The second-order valence-electron chi connectivity index (χ2n) is 2.53. The van der Waals surface area contributed by atoms with E-state index in [-0.39, 0.29) is 5.91 Å². The van der Waals surface area contributed by atoms with Crippen LogP contribution < -0.4 is 5.32 Å². The number of halogens is 2. The molecule has 0 atom stereocenters. The molecule has 0 aliphatic heterocycles. The molecule has 0 saturated heterocycles. The van der Waals surface area contributed by atoms with Crippen LogP contribution in [0, 0.1) is 0 Å². The van der Waals surface area contributed by atoms with E-state index in [0.717, 1.165) is 0 Å². The van der Waals surface area contributed by atoms with E-state index in [2.05, 4.69) is 5.32 Å². The third-order valence-corrected chi connectivity index (χ3v) is 2.09. The standard InChI is InChI=1S/C9H9Cl2NO/c1-2-9(13)12-8-5-6(10)3-4-7(8)11/h3-5H,2H2,1H3,(H,12,13). The number of nitrogens with one attached hydrogen (secondary N) is 1. The molecular formula is C9H9Cl2NO. The molecule has 13 heavy (non-hydrogen) atoms. The summed E-state index contributed by atoms with van der Waals surface area (Å²) < 4.78 is 0. The van der Waals surface area contributed by atoms with Gasteiger partial charge in [0, 0.05) is 11.4 Å². The summed E-state index contributed by atoms with van der Waals surface area (Å²) >= 11 is 11.6. The Hall–Kier alpha value is -0.730. The minimum Gasteiger partial charge on any atom is -0.325 e. The summed E-state index contributed by atoms with van der Waals surface area (Å²) in [6.45, 7) is 1.77. The van der Waals surface area contributed by atoms with Gasteiger partial charge in [-0.25, -0.2) is 0 Å². The van der Waals surface area contributed by atoms with Gasteiger partial charge in [-0.2, -0.15) is 0 Å². The molecule has 1 amide bonds. The predicted molar refractivity (Wildman–Crippen MR) is 55.4 cm³/mol. The van der Waals surface area contributed by atoms with E-state index < -0.39 is 0 Å². The van der Waals surface area contributed by atoms with E-state index in [1.54, 1.807) is 25.1 Å². The lowest BCUT2D eigenvalue weighted by Gasteiger charge is -2.05. The van der Waals surface area contributed by atoms with Crippen molar-refractivity contribution in [3.05, 3.63) is 28.2 Å². The highest BCUT2D eigenvalue weighted by Crippen LogP contribution is 2.25. The van der Waals surface area contributed by atoms with E-state index in [1.807, 2.05) is 0 Å². The molecule has 1 N–H and O–H groups in total. The third-order valence-electron chi connectivity index (χ3n) is 1.52. The molecule has 4 heteroatoms. The van der Waals surface area contributed by atoms with Crippen molar-refractivity contribution in [1.29, 1.82) is 0 Å². The maximum atomic E-state index is 11.0. The molecule has 0 spiro atoms. The zero-order valence-electron chi connectivity index (χ0n) is 7.10. The number of hydrogen-bond donors (Lipinski definition) is 1. The van der Waals surface area contributed by atoms with E-state index >= 15 is 0 Å². The fourth-order valence-corrected chi connectivity index (χ4v) is 1.17. The number of carbonyl (C=O) groups is 1. The number of anilines is 1. The Labute approximate surface area is 86.8 Å².